The molecule has 1 aliphatic rings. The van der Waals surface area contributed by atoms with Crippen LogP contribution in [0, 0.1) is 11.3 Å². The first-order valence-electron chi connectivity index (χ1n) is 9.28. The summed E-state index contributed by atoms with van der Waals surface area (Å²) in [5.74, 6) is -0.747. The maximum absolute atomic E-state index is 12.1. The number of benzene rings is 1. The Morgan fingerprint density at radius 1 is 1.17 bits per heavy atom. The van der Waals surface area contributed by atoms with Gasteiger partial charge in [0.1, 0.15) is 16.8 Å². The summed E-state index contributed by atoms with van der Waals surface area (Å²) in [6.07, 6.45) is 3.22. The molecular weight excluding hydrogens is 392 g/mol. The van der Waals surface area contributed by atoms with Crippen molar-refractivity contribution in [3.05, 3.63) is 45.8 Å². The van der Waals surface area contributed by atoms with Gasteiger partial charge in [-0.3, -0.25) is 9.59 Å². The Bertz CT molecular complexity index is 972. The number of carbonyl (C=O) groups excluding carboxylic acids is 3. The molecule has 3 rings (SSSR count). The van der Waals surface area contributed by atoms with Crippen LogP contribution in [-0.4, -0.2) is 30.9 Å². The Morgan fingerprint density at radius 3 is 2.62 bits per heavy atom. The molecule has 1 aliphatic carbocycles. The van der Waals surface area contributed by atoms with Crippen LogP contribution in [0.15, 0.2) is 24.3 Å². The van der Waals surface area contributed by atoms with Crippen molar-refractivity contribution in [3.8, 4) is 11.8 Å². The Kier molecular flexibility index (Phi) is 6.62. The lowest BCUT2D eigenvalue weighted by molar-refractivity contribution is -0.149. The summed E-state index contributed by atoms with van der Waals surface area (Å²) in [4.78, 5) is 36.6. The number of esters is 1. The van der Waals surface area contributed by atoms with E-state index in [9.17, 15) is 19.6 Å². The Morgan fingerprint density at radius 2 is 1.93 bits per heavy atom. The van der Waals surface area contributed by atoms with E-state index in [1.54, 1.807) is 31.2 Å². The zero-order valence-corrected chi connectivity index (χ0v) is 16.8. The van der Waals surface area contributed by atoms with Gasteiger partial charge in [-0.1, -0.05) is 6.92 Å². The van der Waals surface area contributed by atoms with Crippen LogP contribution in [0.2, 0.25) is 0 Å². The maximum atomic E-state index is 12.1. The molecule has 1 N–H and O–H groups in total. The van der Waals surface area contributed by atoms with Crippen molar-refractivity contribution in [3.63, 3.8) is 0 Å². The van der Waals surface area contributed by atoms with Crippen molar-refractivity contribution in [2.24, 2.45) is 0 Å². The number of Topliss-reactive ketones (excluding diaryl/α,β-unsaturated/α-hetero) is 1. The van der Waals surface area contributed by atoms with Gasteiger partial charge in [-0.05, 0) is 49.1 Å². The number of nitrogens with one attached hydrogen (secondary N) is 1. The largest absolute Gasteiger partial charge is 0.482 e. The third-order valence-corrected chi connectivity index (χ3v) is 5.71. The molecular formula is C21H20N2O5S. The fourth-order valence-electron chi connectivity index (χ4n) is 3.04. The second-order valence-corrected chi connectivity index (χ2v) is 7.58. The first-order chi connectivity index (χ1) is 14.0. The molecule has 2 aromatic rings. The molecule has 0 atom stereocenters. The average Bonchev–Trinajstić information content (AvgIpc) is 3.31. The normalized spacial score (nSPS) is 12.0. The number of nitrogens with zero attached hydrogens (tertiary/aromatic N) is 1. The second-order valence-electron chi connectivity index (χ2n) is 6.47. The van der Waals surface area contributed by atoms with Crippen molar-refractivity contribution in [1.29, 1.82) is 5.26 Å². The van der Waals surface area contributed by atoms with E-state index in [1.165, 1.54) is 11.3 Å². The number of ether oxygens (including phenoxy) is 2. The summed E-state index contributed by atoms with van der Waals surface area (Å²) in [6, 6.07) is 8.61. The number of aryl methyl sites for hydroxylation is 1. The molecule has 1 heterocycles. The summed E-state index contributed by atoms with van der Waals surface area (Å²) in [6.45, 7) is 0.968. The molecule has 7 nitrogen and oxygen atoms in total. The Hall–Kier alpha value is -3.18. The first kappa shape index (κ1) is 20.6. The van der Waals surface area contributed by atoms with E-state index in [2.05, 4.69) is 11.4 Å². The molecule has 150 valence electrons. The molecule has 0 aliphatic heterocycles. The molecule has 1 amide bonds. The number of ketones is 1. The number of anilines is 1. The average molecular weight is 412 g/mol. The molecule has 0 spiro atoms. The minimum absolute atomic E-state index is 0.0255. The standard InChI is InChI=1S/C21H20N2O5S/c1-2-17(24)13-6-8-14(9-7-13)27-12-20(26)28-11-19(25)23-21-16(10-22)15-4-3-5-18(15)29-21/h6-9H,2-5,11-12H2,1H3,(H,23,25). The van der Waals surface area contributed by atoms with Crippen LogP contribution in [0.4, 0.5) is 5.00 Å². The van der Waals surface area contributed by atoms with Crippen molar-refractivity contribution >= 4 is 34.0 Å². The topological polar surface area (TPSA) is 105 Å². The smallest absolute Gasteiger partial charge is 0.344 e. The minimum atomic E-state index is -0.692. The number of nitriles is 1. The van der Waals surface area contributed by atoms with Gasteiger partial charge in [0.15, 0.2) is 19.0 Å². The highest BCUT2D eigenvalue weighted by atomic mass is 32.1. The summed E-state index contributed by atoms with van der Waals surface area (Å²) in [7, 11) is 0. The van der Waals surface area contributed by atoms with E-state index >= 15 is 0 Å². The highest BCUT2D eigenvalue weighted by Crippen LogP contribution is 2.38. The molecule has 0 saturated heterocycles. The Balaban J connectivity index is 1.44. The summed E-state index contributed by atoms with van der Waals surface area (Å²) < 4.78 is 10.2. The first-order valence-corrected chi connectivity index (χ1v) is 10.1. The van der Waals surface area contributed by atoms with E-state index in [0.29, 0.717) is 28.3 Å². The van der Waals surface area contributed by atoms with Crippen LogP contribution >= 0.6 is 11.3 Å². The lowest BCUT2D eigenvalue weighted by atomic mass is 10.1. The predicted molar refractivity (Wildman–Crippen MR) is 107 cm³/mol. The highest BCUT2D eigenvalue weighted by Gasteiger charge is 2.23. The van der Waals surface area contributed by atoms with Gasteiger partial charge in [0.2, 0.25) is 0 Å². The van der Waals surface area contributed by atoms with Gasteiger partial charge in [-0.2, -0.15) is 5.26 Å². The number of thiophene rings is 1. The summed E-state index contributed by atoms with van der Waals surface area (Å²) >= 11 is 1.40. The lowest BCUT2D eigenvalue weighted by Crippen LogP contribution is -2.23. The lowest BCUT2D eigenvalue weighted by Gasteiger charge is -2.08. The van der Waals surface area contributed by atoms with E-state index in [1.807, 2.05) is 0 Å². The van der Waals surface area contributed by atoms with Crippen molar-refractivity contribution in [1.82, 2.24) is 0 Å². The number of hydrogen-bond donors (Lipinski definition) is 1. The quantitative estimate of drug-likeness (QED) is 0.527. The molecule has 0 radical (unpaired) electrons. The molecule has 0 fully saturated rings. The van der Waals surface area contributed by atoms with Crippen LogP contribution in [-0.2, 0) is 27.2 Å². The molecule has 1 aromatic carbocycles. The zero-order chi connectivity index (χ0) is 20.8. The fourth-order valence-corrected chi connectivity index (χ4v) is 4.30. The fraction of sp³-hybridized carbons (Fsp3) is 0.333. The van der Waals surface area contributed by atoms with E-state index in [4.69, 9.17) is 9.47 Å². The van der Waals surface area contributed by atoms with Crippen LogP contribution < -0.4 is 10.1 Å². The predicted octanol–water partition coefficient (Wildman–Crippen LogP) is 3.26. The number of fused-ring (bicyclic) bond motifs is 1. The van der Waals surface area contributed by atoms with Crippen LogP contribution in [0.1, 0.15) is 46.1 Å². The van der Waals surface area contributed by atoms with Crippen molar-refractivity contribution in [2.75, 3.05) is 18.5 Å². The van der Waals surface area contributed by atoms with Crippen LogP contribution in [0.3, 0.4) is 0 Å². The van der Waals surface area contributed by atoms with E-state index in [-0.39, 0.29) is 12.4 Å². The molecule has 0 unspecified atom stereocenters. The number of rotatable bonds is 8. The maximum Gasteiger partial charge on any atom is 0.344 e. The molecule has 8 heteroatoms. The van der Waals surface area contributed by atoms with Gasteiger partial charge >= 0.3 is 5.97 Å². The van der Waals surface area contributed by atoms with E-state index in [0.717, 1.165) is 29.7 Å². The number of amides is 1. The monoisotopic (exact) mass is 412 g/mol. The third kappa shape index (κ3) is 5.00. The molecule has 0 saturated carbocycles. The summed E-state index contributed by atoms with van der Waals surface area (Å²) in [5.41, 5.74) is 2.11. The minimum Gasteiger partial charge on any atom is -0.482 e. The zero-order valence-electron chi connectivity index (χ0n) is 15.9. The number of carbonyl (C=O) groups is 3. The van der Waals surface area contributed by atoms with Crippen molar-refractivity contribution in [2.45, 2.75) is 32.6 Å². The van der Waals surface area contributed by atoms with E-state index < -0.39 is 18.5 Å². The van der Waals surface area contributed by atoms with Gasteiger partial charge in [0.05, 0.1) is 5.56 Å². The van der Waals surface area contributed by atoms with Gasteiger partial charge in [0, 0.05) is 16.9 Å². The summed E-state index contributed by atoms with van der Waals surface area (Å²) in [5, 5.41) is 12.5. The molecule has 1 aromatic heterocycles. The van der Waals surface area contributed by atoms with Gasteiger partial charge in [0.25, 0.3) is 5.91 Å². The van der Waals surface area contributed by atoms with Crippen molar-refractivity contribution < 1.29 is 23.9 Å². The second kappa shape index (κ2) is 9.34. The van der Waals surface area contributed by atoms with Crippen LogP contribution in [0.25, 0.3) is 0 Å². The van der Waals surface area contributed by atoms with Gasteiger partial charge in [-0.15, -0.1) is 11.3 Å². The highest BCUT2D eigenvalue weighted by molar-refractivity contribution is 7.16. The molecule has 0 bridgehead atoms. The third-order valence-electron chi connectivity index (χ3n) is 4.50. The number of hydrogen-bond acceptors (Lipinski definition) is 7. The molecule has 29 heavy (non-hydrogen) atoms. The van der Waals surface area contributed by atoms with Gasteiger partial charge in [-0.25, -0.2) is 4.79 Å². The van der Waals surface area contributed by atoms with Gasteiger partial charge < -0.3 is 14.8 Å². The SMILES string of the molecule is CCC(=O)c1ccc(OCC(=O)OCC(=O)Nc2sc3c(c2C#N)CCC3)cc1. The van der Waals surface area contributed by atoms with Crippen LogP contribution in [0.5, 0.6) is 5.75 Å². The Labute approximate surface area is 172 Å².